The van der Waals surface area contributed by atoms with Crippen molar-refractivity contribution >= 4 is 42.4 Å². The topological polar surface area (TPSA) is 112 Å². The Morgan fingerprint density at radius 2 is 1.44 bits per heavy atom. The minimum absolute atomic E-state index is 0. The number of nitrogens with zero attached hydrogens (tertiary/aromatic N) is 2. The average molecular weight is 494 g/mol. The van der Waals surface area contributed by atoms with Crippen molar-refractivity contribution < 1.29 is 29.3 Å². The highest BCUT2D eigenvalue weighted by atomic mass is 35.5. The van der Waals surface area contributed by atoms with Crippen molar-refractivity contribution in [1.29, 1.82) is 0 Å². The van der Waals surface area contributed by atoms with E-state index in [1.165, 1.54) is 25.3 Å². The van der Waals surface area contributed by atoms with Crippen LogP contribution in [0.5, 0.6) is 11.5 Å². The fourth-order valence-corrected chi connectivity index (χ4v) is 3.96. The molecule has 2 saturated heterocycles. The summed E-state index contributed by atoms with van der Waals surface area (Å²) in [5.74, 6) is -0.625. The molecule has 0 amide bonds. The molecule has 0 aromatic heterocycles. The monoisotopic (exact) mass is 493 g/mol. The molecular formula is C21H33Cl2N3O6. The lowest BCUT2D eigenvalue weighted by molar-refractivity contribution is -0.140. The summed E-state index contributed by atoms with van der Waals surface area (Å²) in [5, 5.41) is 21.1. The normalized spacial score (nSPS) is 17.1. The molecular weight excluding hydrogens is 461 g/mol. The largest absolute Gasteiger partial charge is 0.482 e. The molecule has 0 unspecified atom stereocenters. The molecule has 2 fully saturated rings. The van der Waals surface area contributed by atoms with Gasteiger partial charge in [-0.1, -0.05) is 0 Å². The zero-order chi connectivity index (χ0) is 21.3. The molecule has 0 bridgehead atoms. The van der Waals surface area contributed by atoms with Gasteiger partial charge in [0.15, 0.2) is 13.2 Å². The predicted octanol–water partition coefficient (Wildman–Crippen LogP) is 1.97. The first-order valence-corrected chi connectivity index (χ1v) is 10.5. The van der Waals surface area contributed by atoms with Gasteiger partial charge in [-0.3, -0.25) is 4.90 Å². The van der Waals surface area contributed by atoms with Gasteiger partial charge in [0.25, 0.3) is 0 Å². The van der Waals surface area contributed by atoms with Crippen LogP contribution in [0.15, 0.2) is 18.2 Å². The summed E-state index contributed by atoms with van der Waals surface area (Å²) in [6, 6.07) is 5.08. The first-order chi connectivity index (χ1) is 14.5. The molecule has 1 aromatic carbocycles. The number of anilines is 1. The molecule has 32 heavy (non-hydrogen) atoms. The first kappa shape index (κ1) is 28.1. The lowest BCUT2D eigenvalue weighted by atomic mass is 9.94. The maximum atomic E-state index is 10.8. The highest BCUT2D eigenvalue weighted by Gasteiger charge is 2.20. The van der Waals surface area contributed by atoms with E-state index < -0.39 is 25.2 Å². The van der Waals surface area contributed by atoms with Crippen molar-refractivity contribution in [2.24, 2.45) is 5.92 Å². The highest BCUT2D eigenvalue weighted by molar-refractivity contribution is 5.85. The van der Waals surface area contributed by atoms with Crippen molar-refractivity contribution in [3.8, 4) is 11.5 Å². The van der Waals surface area contributed by atoms with Gasteiger partial charge in [0.05, 0.1) is 0 Å². The number of hydrogen-bond donors (Lipinski definition) is 3. The van der Waals surface area contributed by atoms with Crippen LogP contribution in [-0.4, -0.2) is 86.1 Å². The molecule has 3 N–H and O–H groups in total. The van der Waals surface area contributed by atoms with Gasteiger partial charge in [-0.2, -0.15) is 0 Å². The molecule has 0 aliphatic carbocycles. The van der Waals surface area contributed by atoms with E-state index in [0.717, 1.165) is 57.4 Å². The summed E-state index contributed by atoms with van der Waals surface area (Å²) in [4.78, 5) is 26.3. The summed E-state index contributed by atoms with van der Waals surface area (Å²) in [6.45, 7) is 6.04. The number of carbonyl (C=O) groups is 2. The molecule has 11 heteroatoms. The second-order valence-corrected chi connectivity index (χ2v) is 7.84. The Bertz CT molecular complexity index is 689. The van der Waals surface area contributed by atoms with Crippen LogP contribution in [0.1, 0.15) is 19.3 Å². The van der Waals surface area contributed by atoms with Gasteiger partial charge in [0.2, 0.25) is 0 Å². The predicted molar refractivity (Wildman–Crippen MR) is 126 cm³/mol. The van der Waals surface area contributed by atoms with Crippen LogP contribution in [0.25, 0.3) is 0 Å². The maximum absolute atomic E-state index is 10.8. The van der Waals surface area contributed by atoms with Gasteiger partial charge in [-0.15, -0.1) is 24.8 Å². The number of piperidine rings is 1. The minimum Gasteiger partial charge on any atom is -0.482 e. The number of piperazine rings is 1. The van der Waals surface area contributed by atoms with E-state index in [1.807, 2.05) is 0 Å². The molecule has 3 rings (SSSR count). The molecule has 0 atom stereocenters. The third-order valence-electron chi connectivity index (χ3n) is 5.64. The van der Waals surface area contributed by atoms with E-state index in [-0.39, 0.29) is 24.8 Å². The standard InChI is InChI=1S/C21H31N3O6.2ClH/c25-20(26)14-29-18-11-17(12-19(13-18)30-15-21(27)28)24-9-7-23(8-10-24)6-3-16-1-4-22-5-2-16;;/h11-13,16,22H,1-10,14-15H2,(H,25,26)(H,27,28);2*1H. The molecule has 1 aromatic rings. The molecule has 0 spiro atoms. The number of carboxylic acid groups (broad SMARTS) is 2. The summed E-state index contributed by atoms with van der Waals surface area (Å²) in [7, 11) is 0. The van der Waals surface area contributed by atoms with Crippen LogP contribution in [0.2, 0.25) is 0 Å². The van der Waals surface area contributed by atoms with E-state index in [1.54, 1.807) is 12.1 Å². The smallest absolute Gasteiger partial charge is 0.341 e. The number of ether oxygens (including phenoxy) is 2. The Kier molecular flexibility index (Phi) is 12.5. The minimum atomic E-state index is -1.07. The fourth-order valence-electron chi connectivity index (χ4n) is 3.96. The number of rotatable bonds is 10. The fraction of sp³-hybridized carbons (Fsp3) is 0.619. The van der Waals surface area contributed by atoms with E-state index in [9.17, 15) is 9.59 Å². The Balaban J connectivity index is 0.00000256. The van der Waals surface area contributed by atoms with E-state index in [4.69, 9.17) is 19.7 Å². The highest BCUT2D eigenvalue weighted by Crippen LogP contribution is 2.30. The van der Waals surface area contributed by atoms with E-state index >= 15 is 0 Å². The quantitative estimate of drug-likeness (QED) is 0.450. The van der Waals surface area contributed by atoms with Crippen molar-refractivity contribution in [1.82, 2.24) is 10.2 Å². The Morgan fingerprint density at radius 1 is 0.906 bits per heavy atom. The third kappa shape index (κ3) is 9.28. The zero-order valence-corrected chi connectivity index (χ0v) is 19.7. The van der Waals surface area contributed by atoms with Crippen molar-refractivity contribution in [3.05, 3.63) is 18.2 Å². The molecule has 2 aliphatic heterocycles. The van der Waals surface area contributed by atoms with Crippen LogP contribution in [-0.2, 0) is 9.59 Å². The van der Waals surface area contributed by atoms with Crippen molar-refractivity contribution in [2.45, 2.75) is 19.3 Å². The Morgan fingerprint density at radius 3 is 1.94 bits per heavy atom. The van der Waals surface area contributed by atoms with Gasteiger partial charge in [-0.25, -0.2) is 9.59 Å². The van der Waals surface area contributed by atoms with Crippen LogP contribution >= 0.6 is 24.8 Å². The Labute approximate surface area is 200 Å². The summed E-state index contributed by atoms with van der Waals surface area (Å²) < 4.78 is 10.6. The summed E-state index contributed by atoms with van der Waals surface area (Å²) in [6.07, 6.45) is 3.78. The van der Waals surface area contributed by atoms with Crippen molar-refractivity contribution in [2.75, 3.05) is 63.9 Å². The summed E-state index contributed by atoms with van der Waals surface area (Å²) in [5.41, 5.74) is 0.844. The second kappa shape index (κ2) is 14.3. The van der Waals surface area contributed by atoms with Crippen LogP contribution in [0.3, 0.4) is 0 Å². The molecule has 9 nitrogen and oxygen atoms in total. The zero-order valence-electron chi connectivity index (χ0n) is 18.0. The SMILES string of the molecule is Cl.Cl.O=C(O)COc1cc(OCC(=O)O)cc(N2CCN(CCC3CCNCC3)CC2)c1. The number of nitrogens with one attached hydrogen (secondary N) is 1. The number of hydrogen-bond acceptors (Lipinski definition) is 7. The lowest BCUT2D eigenvalue weighted by Gasteiger charge is -2.37. The Hall–Kier alpha value is -1.94. The molecule has 182 valence electrons. The van der Waals surface area contributed by atoms with Crippen LogP contribution in [0.4, 0.5) is 5.69 Å². The van der Waals surface area contributed by atoms with Gasteiger partial charge in [-0.05, 0) is 44.8 Å². The number of carboxylic acids is 2. The number of aliphatic carboxylic acids is 2. The van der Waals surface area contributed by atoms with E-state index in [0.29, 0.717) is 11.5 Å². The lowest BCUT2D eigenvalue weighted by Crippen LogP contribution is -2.47. The van der Waals surface area contributed by atoms with Gasteiger partial charge in [0.1, 0.15) is 11.5 Å². The van der Waals surface area contributed by atoms with Crippen molar-refractivity contribution in [3.63, 3.8) is 0 Å². The molecule has 0 saturated carbocycles. The van der Waals surface area contributed by atoms with Gasteiger partial charge in [0, 0.05) is 50.1 Å². The average Bonchev–Trinajstić information content (AvgIpc) is 2.76. The van der Waals surface area contributed by atoms with Gasteiger partial charge < -0.3 is 29.9 Å². The molecule has 0 radical (unpaired) electrons. The van der Waals surface area contributed by atoms with Crippen LogP contribution in [0, 0.1) is 5.92 Å². The maximum Gasteiger partial charge on any atom is 0.341 e. The van der Waals surface area contributed by atoms with Crippen LogP contribution < -0.4 is 19.7 Å². The molecule has 2 aliphatic rings. The first-order valence-electron chi connectivity index (χ1n) is 10.5. The van der Waals surface area contributed by atoms with Gasteiger partial charge >= 0.3 is 11.9 Å². The number of benzene rings is 1. The summed E-state index contributed by atoms with van der Waals surface area (Å²) >= 11 is 0. The second-order valence-electron chi connectivity index (χ2n) is 7.84. The number of halogens is 2. The third-order valence-corrected chi connectivity index (χ3v) is 5.64. The van der Waals surface area contributed by atoms with E-state index in [2.05, 4.69) is 15.1 Å². The molecule has 2 heterocycles.